The topological polar surface area (TPSA) is 70.9 Å². The Morgan fingerprint density at radius 3 is 2.71 bits per heavy atom. The number of rotatable bonds is 7. The normalized spacial score (nSPS) is 11.5. The van der Waals surface area contributed by atoms with Crippen molar-refractivity contribution in [3.63, 3.8) is 0 Å². The van der Waals surface area contributed by atoms with Crippen LogP contribution in [0.1, 0.15) is 29.4 Å². The van der Waals surface area contributed by atoms with Crippen LogP contribution in [0.15, 0.2) is 48.5 Å². The first-order valence-electron chi connectivity index (χ1n) is 10.5. The minimum atomic E-state index is 0.267. The predicted molar refractivity (Wildman–Crippen MR) is 145 cm³/mol. The molecule has 0 spiro atoms. The van der Waals surface area contributed by atoms with E-state index in [2.05, 4.69) is 38.6 Å². The predicted octanol–water partition coefficient (Wildman–Crippen LogP) is 7.82. The van der Waals surface area contributed by atoms with Crippen LogP contribution in [0.2, 0.25) is 10.0 Å². The van der Waals surface area contributed by atoms with Gasteiger partial charge in [0.2, 0.25) is 0 Å². The van der Waals surface area contributed by atoms with Gasteiger partial charge in [-0.1, -0.05) is 35.3 Å². The zero-order chi connectivity index (χ0) is 24.2. The Morgan fingerprint density at radius 1 is 1.15 bits per heavy atom. The number of aromatic amines is 1. The minimum absolute atomic E-state index is 0.267. The van der Waals surface area contributed by atoms with Gasteiger partial charge >= 0.3 is 0 Å². The van der Waals surface area contributed by atoms with Crippen LogP contribution >= 0.6 is 45.8 Å². The molecule has 3 aromatic carbocycles. The highest BCUT2D eigenvalue weighted by Crippen LogP contribution is 2.36. The second kappa shape index (κ2) is 10.7. The van der Waals surface area contributed by atoms with Gasteiger partial charge in [0.05, 0.1) is 26.8 Å². The lowest BCUT2D eigenvalue weighted by Gasteiger charge is -2.15. The number of aromatic nitrogens is 2. The first-order chi connectivity index (χ1) is 16.4. The van der Waals surface area contributed by atoms with Gasteiger partial charge in [0, 0.05) is 15.6 Å². The van der Waals surface area contributed by atoms with Crippen LogP contribution in [0.4, 0.5) is 0 Å². The second-order valence-electron chi connectivity index (χ2n) is 7.56. The number of benzene rings is 3. The first kappa shape index (κ1) is 24.4. The Labute approximate surface area is 221 Å². The van der Waals surface area contributed by atoms with Crippen molar-refractivity contribution in [2.45, 2.75) is 20.5 Å². The van der Waals surface area contributed by atoms with Gasteiger partial charge in [0.1, 0.15) is 18.5 Å². The fraction of sp³-hybridized carbons (Fsp3) is 0.154. The minimum Gasteiger partial charge on any atom is -0.490 e. The third kappa shape index (κ3) is 5.49. The molecule has 0 fully saturated rings. The number of halogens is 3. The van der Waals surface area contributed by atoms with E-state index in [1.54, 1.807) is 18.2 Å². The number of imidazole rings is 1. The van der Waals surface area contributed by atoms with Gasteiger partial charge in [-0.05, 0) is 90.0 Å². The maximum atomic E-state index is 9.81. The number of ether oxygens (including phenoxy) is 2. The van der Waals surface area contributed by atoms with Gasteiger partial charge in [-0.15, -0.1) is 0 Å². The summed E-state index contributed by atoms with van der Waals surface area (Å²) in [5.74, 6) is 1.72. The molecule has 8 heteroatoms. The van der Waals surface area contributed by atoms with E-state index in [-0.39, 0.29) is 6.61 Å². The summed E-state index contributed by atoms with van der Waals surface area (Å²) in [7, 11) is 0. The SMILES string of the molecule is CCOc1cc(/C=C(/C#N)c2nc3ccc(C)cc3[nH]2)cc(I)c1OCc1ccc(Cl)cc1Cl. The van der Waals surface area contributed by atoms with E-state index in [1.165, 1.54) is 0 Å². The van der Waals surface area contributed by atoms with Gasteiger partial charge in [0.25, 0.3) is 0 Å². The monoisotopic (exact) mass is 603 g/mol. The number of nitriles is 1. The highest BCUT2D eigenvalue weighted by Gasteiger charge is 2.15. The molecular weight excluding hydrogens is 584 g/mol. The van der Waals surface area contributed by atoms with E-state index in [0.29, 0.717) is 39.5 Å². The van der Waals surface area contributed by atoms with Crippen molar-refractivity contribution in [1.82, 2.24) is 9.97 Å². The van der Waals surface area contributed by atoms with Crippen molar-refractivity contribution in [3.8, 4) is 17.6 Å². The molecule has 0 saturated heterocycles. The highest BCUT2D eigenvalue weighted by atomic mass is 127. The zero-order valence-electron chi connectivity index (χ0n) is 18.5. The van der Waals surface area contributed by atoms with Crippen LogP contribution in [0, 0.1) is 21.8 Å². The summed E-state index contributed by atoms with van der Waals surface area (Å²) in [6, 6.07) is 17.3. The number of nitrogens with one attached hydrogen (secondary N) is 1. The number of nitrogens with zero attached hydrogens (tertiary/aromatic N) is 2. The molecule has 1 aromatic heterocycles. The van der Waals surface area contributed by atoms with Crippen molar-refractivity contribution >= 4 is 68.5 Å². The van der Waals surface area contributed by atoms with Crippen molar-refractivity contribution in [2.24, 2.45) is 0 Å². The third-order valence-corrected chi connectivity index (χ3v) is 6.43. The number of H-pyrrole nitrogens is 1. The van der Waals surface area contributed by atoms with Crippen LogP contribution in [-0.4, -0.2) is 16.6 Å². The Bertz CT molecular complexity index is 1440. The Morgan fingerprint density at radius 2 is 1.97 bits per heavy atom. The molecule has 0 atom stereocenters. The molecule has 1 heterocycles. The van der Waals surface area contributed by atoms with Crippen LogP contribution in [-0.2, 0) is 6.61 Å². The van der Waals surface area contributed by atoms with Gasteiger partial charge in [0.15, 0.2) is 11.5 Å². The average Bonchev–Trinajstić information content (AvgIpc) is 3.21. The fourth-order valence-corrected chi connectivity index (χ4v) is 4.68. The molecule has 1 N–H and O–H groups in total. The second-order valence-corrected chi connectivity index (χ2v) is 9.57. The van der Waals surface area contributed by atoms with Crippen LogP contribution in [0.25, 0.3) is 22.7 Å². The van der Waals surface area contributed by atoms with E-state index < -0.39 is 0 Å². The van der Waals surface area contributed by atoms with Gasteiger partial charge in [-0.25, -0.2) is 4.98 Å². The summed E-state index contributed by atoms with van der Waals surface area (Å²) >= 11 is 14.5. The van der Waals surface area contributed by atoms with Gasteiger partial charge in [-0.3, -0.25) is 0 Å². The van der Waals surface area contributed by atoms with Gasteiger partial charge < -0.3 is 14.5 Å². The quantitative estimate of drug-likeness (QED) is 0.173. The highest BCUT2D eigenvalue weighted by molar-refractivity contribution is 14.1. The molecule has 0 aliphatic heterocycles. The maximum Gasteiger partial charge on any atom is 0.175 e. The molecule has 0 aliphatic carbocycles. The van der Waals surface area contributed by atoms with E-state index in [9.17, 15) is 5.26 Å². The molecular formula is C26H20Cl2IN3O2. The van der Waals surface area contributed by atoms with Crippen molar-refractivity contribution < 1.29 is 9.47 Å². The molecule has 5 nitrogen and oxygen atoms in total. The van der Waals surface area contributed by atoms with Gasteiger partial charge in [-0.2, -0.15) is 5.26 Å². The van der Waals surface area contributed by atoms with E-state index in [0.717, 1.165) is 31.3 Å². The van der Waals surface area contributed by atoms with E-state index in [4.69, 9.17) is 32.7 Å². The summed E-state index contributed by atoms with van der Waals surface area (Å²) in [6.07, 6.45) is 1.79. The third-order valence-electron chi connectivity index (χ3n) is 5.04. The largest absolute Gasteiger partial charge is 0.490 e. The lowest BCUT2D eigenvalue weighted by molar-refractivity contribution is 0.267. The molecule has 0 radical (unpaired) electrons. The molecule has 0 bridgehead atoms. The lowest BCUT2D eigenvalue weighted by atomic mass is 10.1. The molecule has 0 saturated carbocycles. The Hall–Kier alpha value is -2.73. The van der Waals surface area contributed by atoms with E-state index in [1.807, 2.05) is 50.2 Å². The fourth-order valence-electron chi connectivity index (χ4n) is 3.43. The summed E-state index contributed by atoms with van der Waals surface area (Å²) < 4.78 is 12.8. The Kier molecular flexibility index (Phi) is 7.67. The smallest absolute Gasteiger partial charge is 0.175 e. The summed E-state index contributed by atoms with van der Waals surface area (Å²) in [5.41, 5.74) is 4.88. The zero-order valence-corrected chi connectivity index (χ0v) is 22.1. The van der Waals surface area contributed by atoms with Crippen LogP contribution in [0.3, 0.4) is 0 Å². The van der Waals surface area contributed by atoms with Crippen molar-refractivity contribution in [3.05, 3.63) is 84.7 Å². The molecule has 0 unspecified atom stereocenters. The van der Waals surface area contributed by atoms with E-state index >= 15 is 0 Å². The average molecular weight is 604 g/mol. The summed E-state index contributed by atoms with van der Waals surface area (Å²) in [6.45, 7) is 4.66. The molecule has 172 valence electrons. The number of fused-ring (bicyclic) bond motifs is 1. The van der Waals surface area contributed by atoms with Crippen molar-refractivity contribution in [2.75, 3.05) is 6.61 Å². The Balaban J connectivity index is 1.66. The number of allylic oxidation sites excluding steroid dienone is 1. The number of hydrogen-bond acceptors (Lipinski definition) is 4. The standard InChI is InChI=1S/C26H20Cl2IN3O2/c1-3-33-24-11-16(9-18(13-30)26-31-22-7-4-15(2)8-23(22)32-26)10-21(29)25(24)34-14-17-5-6-19(27)12-20(17)28/h4-12H,3,14H2,1-2H3,(H,31,32)/b18-9-. The maximum absolute atomic E-state index is 9.81. The number of hydrogen-bond donors (Lipinski definition) is 1. The number of aryl methyl sites for hydroxylation is 1. The first-order valence-corrected chi connectivity index (χ1v) is 12.3. The lowest BCUT2D eigenvalue weighted by Crippen LogP contribution is -2.02. The molecule has 0 amide bonds. The summed E-state index contributed by atoms with van der Waals surface area (Å²) in [5, 5.41) is 10.9. The van der Waals surface area contributed by atoms with Crippen molar-refractivity contribution in [1.29, 1.82) is 5.26 Å². The molecule has 0 aliphatic rings. The molecule has 4 rings (SSSR count). The summed E-state index contributed by atoms with van der Waals surface area (Å²) in [4.78, 5) is 7.81. The molecule has 34 heavy (non-hydrogen) atoms. The van der Waals surface area contributed by atoms with Crippen LogP contribution < -0.4 is 9.47 Å². The van der Waals surface area contributed by atoms with Crippen LogP contribution in [0.5, 0.6) is 11.5 Å². The molecule has 4 aromatic rings.